The van der Waals surface area contributed by atoms with Gasteiger partial charge < -0.3 is 4.98 Å². The molecular formula is C12H10ClNO. The SMILES string of the molecule is Cc1cc(-c2ccc(C=O)[nH]2)ccc1Cl. The number of hydrogen-bond donors (Lipinski definition) is 1. The summed E-state index contributed by atoms with van der Waals surface area (Å²) in [6.07, 6.45) is 0.798. The van der Waals surface area contributed by atoms with E-state index in [0.29, 0.717) is 5.69 Å². The molecule has 1 N–H and O–H groups in total. The molecule has 0 radical (unpaired) electrons. The Morgan fingerprint density at radius 2 is 2.07 bits per heavy atom. The lowest BCUT2D eigenvalue weighted by molar-refractivity contribution is 0.111. The predicted octanol–water partition coefficient (Wildman–Crippen LogP) is 3.46. The van der Waals surface area contributed by atoms with Crippen LogP contribution in [0.15, 0.2) is 30.3 Å². The van der Waals surface area contributed by atoms with Gasteiger partial charge in [-0.05, 0) is 42.3 Å². The number of hydrogen-bond acceptors (Lipinski definition) is 1. The van der Waals surface area contributed by atoms with Gasteiger partial charge in [0, 0.05) is 10.7 Å². The number of benzene rings is 1. The Morgan fingerprint density at radius 3 is 2.67 bits per heavy atom. The molecule has 1 aromatic heterocycles. The van der Waals surface area contributed by atoms with Crippen molar-refractivity contribution < 1.29 is 4.79 Å². The molecule has 1 aromatic carbocycles. The molecular weight excluding hydrogens is 210 g/mol. The minimum atomic E-state index is 0.581. The number of aromatic nitrogens is 1. The van der Waals surface area contributed by atoms with Crippen LogP contribution < -0.4 is 0 Å². The zero-order valence-electron chi connectivity index (χ0n) is 8.25. The number of carbonyl (C=O) groups is 1. The predicted molar refractivity (Wildman–Crippen MR) is 61.4 cm³/mol. The van der Waals surface area contributed by atoms with Crippen molar-refractivity contribution in [2.45, 2.75) is 6.92 Å². The second kappa shape index (κ2) is 3.91. The lowest BCUT2D eigenvalue weighted by Gasteiger charge is -2.01. The molecule has 3 heteroatoms. The molecule has 0 saturated carbocycles. The van der Waals surface area contributed by atoms with E-state index in [1.54, 1.807) is 6.07 Å². The zero-order valence-corrected chi connectivity index (χ0v) is 9.01. The number of halogens is 1. The maximum Gasteiger partial charge on any atom is 0.166 e. The molecule has 0 amide bonds. The average molecular weight is 220 g/mol. The monoisotopic (exact) mass is 219 g/mol. The summed E-state index contributed by atoms with van der Waals surface area (Å²) in [5, 5.41) is 0.751. The van der Waals surface area contributed by atoms with Gasteiger partial charge in [-0.1, -0.05) is 17.7 Å². The highest BCUT2D eigenvalue weighted by Crippen LogP contribution is 2.23. The molecule has 2 nitrogen and oxygen atoms in total. The number of aromatic amines is 1. The largest absolute Gasteiger partial charge is 0.352 e. The van der Waals surface area contributed by atoms with Gasteiger partial charge in [-0.2, -0.15) is 0 Å². The van der Waals surface area contributed by atoms with Gasteiger partial charge in [0.1, 0.15) is 0 Å². The van der Waals surface area contributed by atoms with E-state index in [9.17, 15) is 4.79 Å². The summed E-state index contributed by atoms with van der Waals surface area (Å²) in [6, 6.07) is 9.41. The fraction of sp³-hybridized carbons (Fsp3) is 0.0833. The third kappa shape index (κ3) is 1.95. The van der Waals surface area contributed by atoms with Crippen molar-refractivity contribution in [1.29, 1.82) is 0 Å². The van der Waals surface area contributed by atoms with Crippen LogP contribution in [-0.4, -0.2) is 11.3 Å². The van der Waals surface area contributed by atoms with Gasteiger partial charge in [0.25, 0.3) is 0 Å². The molecule has 1 heterocycles. The van der Waals surface area contributed by atoms with Crippen LogP contribution in [0.2, 0.25) is 5.02 Å². The first-order chi connectivity index (χ1) is 7.20. The van der Waals surface area contributed by atoms with Crippen LogP contribution in [-0.2, 0) is 0 Å². The van der Waals surface area contributed by atoms with Crippen molar-refractivity contribution in [2.24, 2.45) is 0 Å². The van der Waals surface area contributed by atoms with E-state index in [1.165, 1.54) is 0 Å². The maximum atomic E-state index is 10.5. The van der Waals surface area contributed by atoms with E-state index in [2.05, 4.69) is 4.98 Å². The lowest BCUT2D eigenvalue weighted by atomic mass is 10.1. The molecule has 0 aliphatic carbocycles. The molecule has 0 bridgehead atoms. The molecule has 0 spiro atoms. The first-order valence-electron chi connectivity index (χ1n) is 4.61. The summed E-state index contributed by atoms with van der Waals surface area (Å²) < 4.78 is 0. The Morgan fingerprint density at radius 1 is 1.27 bits per heavy atom. The molecule has 0 saturated heterocycles. The number of nitrogens with one attached hydrogen (secondary N) is 1. The van der Waals surface area contributed by atoms with Gasteiger partial charge >= 0.3 is 0 Å². The van der Waals surface area contributed by atoms with Crippen LogP contribution in [0.3, 0.4) is 0 Å². The topological polar surface area (TPSA) is 32.9 Å². The van der Waals surface area contributed by atoms with Crippen LogP contribution in [0, 0.1) is 6.92 Å². The first kappa shape index (κ1) is 9.99. The van der Waals surface area contributed by atoms with E-state index in [-0.39, 0.29) is 0 Å². The van der Waals surface area contributed by atoms with Gasteiger partial charge in [0.05, 0.1) is 5.69 Å². The Labute approximate surface area is 92.9 Å². The molecule has 0 unspecified atom stereocenters. The first-order valence-corrected chi connectivity index (χ1v) is 4.99. The number of rotatable bonds is 2. The van der Waals surface area contributed by atoms with Crippen LogP contribution in [0.4, 0.5) is 0 Å². The van der Waals surface area contributed by atoms with Gasteiger partial charge in [-0.3, -0.25) is 4.79 Å². The van der Waals surface area contributed by atoms with Gasteiger partial charge in [-0.25, -0.2) is 0 Å². The van der Waals surface area contributed by atoms with E-state index >= 15 is 0 Å². The maximum absolute atomic E-state index is 10.5. The van der Waals surface area contributed by atoms with Crippen molar-refractivity contribution in [3.05, 3.63) is 46.6 Å². The van der Waals surface area contributed by atoms with Crippen LogP contribution in [0.5, 0.6) is 0 Å². The molecule has 0 aliphatic heterocycles. The van der Waals surface area contributed by atoms with Gasteiger partial charge in [-0.15, -0.1) is 0 Å². The normalized spacial score (nSPS) is 10.3. The van der Waals surface area contributed by atoms with E-state index < -0.39 is 0 Å². The number of aldehydes is 1. The summed E-state index contributed by atoms with van der Waals surface area (Å²) >= 11 is 5.93. The minimum Gasteiger partial charge on any atom is -0.352 e. The van der Waals surface area contributed by atoms with Crippen LogP contribution in [0.25, 0.3) is 11.3 Å². The molecule has 15 heavy (non-hydrogen) atoms. The molecule has 2 rings (SSSR count). The summed E-state index contributed by atoms with van der Waals surface area (Å²) in [5.74, 6) is 0. The third-order valence-corrected chi connectivity index (χ3v) is 2.73. The van der Waals surface area contributed by atoms with Crippen LogP contribution >= 0.6 is 11.6 Å². The van der Waals surface area contributed by atoms with E-state index in [0.717, 1.165) is 28.1 Å². The molecule has 0 aliphatic rings. The summed E-state index contributed by atoms with van der Waals surface area (Å²) in [7, 11) is 0. The van der Waals surface area contributed by atoms with Crippen molar-refractivity contribution in [2.75, 3.05) is 0 Å². The molecule has 76 valence electrons. The Hall–Kier alpha value is -1.54. The Kier molecular flexibility index (Phi) is 2.60. The summed E-state index contributed by atoms with van der Waals surface area (Å²) in [6.45, 7) is 1.95. The standard InChI is InChI=1S/C12H10ClNO/c1-8-6-9(2-4-11(8)13)12-5-3-10(7-15)14-12/h2-7,14H,1H3. The summed E-state index contributed by atoms with van der Waals surface area (Å²) in [5.41, 5.74) is 3.57. The number of H-pyrrole nitrogens is 1. The zero-order chi connectivity index (χ0) is 10.8. The minimum absolute atomic E-state index is 0.581. The second-order valence-corrected chi connectivity index (χ2v) is 3.82. The quantitative estimate of drug-likeness (QED) is 0.771. The Balaban J connectivity index is 2.44. The van der Waals surface area contributed by atoms with Crippen molar-refractivity contribution in [3.63, 3.8) is 0 Å². The van der Waals surface area contributed by atoms with E-state index in [4.69, 9.17) is 11.6 Å². The van der Waals surface area contributed by atoms with E-state index in [1.807, 2.05) is 31.2 Å². The van der Waals surface area contributed by atoms with Crippen molar-refractivity contribution in [3.8, 4) is 11.3 Å². The van der Waals surface area contributed by atoms with Crippen molar-refractivity contribution in [1.82, 2.24) is 4.98 Å². The number of carbonyl (C=O) groups excluding carboxylic acids is 1. The second-order valence-electron chi connectivity index (χ2n) is 3.41. The highest BCUT2D eigenvalue weighted by molar-refractivity contribution is 6.31. The van der Waals surface area contributed by atoms with Crippen molar-refractivity contribution >= 4 is 17.9 Å². The van der Waals surface area contributed by atoms with Gasteiger partial charge in [0.15, 0.2) is 6.29 Å². The van der Waals surface area contributed by atoms with Gasteiger partial charge in [0.2, 0.25) is 0 Å². The fourth-order valence-electron chi connectivity index (χ4n) is 1.46. The number of aryl methyl sites for hydroxylation is 1. The Bertz CT molecular complexity index is 502. The molecule has 0 fully saturated rings. The average Bonchev–Trinajstić information content (AvgIpc) is 2.70. The lowest BCUT2D eigenvalue weighted by Crippen LogP contribution is -1.82. The molecule has 2 aromatic rings. The van der Waals surface area contributed by atoms with Crippen LogP contribution in [0.1, 0.15) is 16.1 Å². The smallest absolute Gasteiger partial charge is 0.166 e. The fourth-order valence-corrected chi connectivity index (χ4v) is 1.58. The summed E-state index contributed by atoms with van der Waals surface area (Å²) in [4.78, 5) is 13.5. The molecule has 0 atom stereocenters. The highest BCUT2D eigenvalue weighted by Gasteiger charge is 2.02. The highest BCUT2D eigenvalue weighted by atomic mass is 35.5. The third-order valence-electron chi connectivity index (χ3n) is 2.30.